The minimum atomic E-state index is -0.117. The number of hydrogen-bond acceptors (Lipinski definition) is 5. The van der Waals surface area contributed by atoms with Crippen LogP contribution < -0.4 is 11.1 Å². The van der Waals surface area contributed by atoms with Gasteiger partial charge in [-0.1, -0.05) is 0 Å². The van der Waals surface area contributed by atoms with E-state index in [1.165, 1.54) is 0 Å². The van der Waals surface area contributed by atoms with E-state index >= 15 is 0 Å². The normalized spacial score (nSPS) is 10.4. The molecule has 0 aliphatic heterocycles. The summed E-state index contributed by atoms with van der Waals surface area (Å²) >= 11 is 0. The van der Waals surface area contributed by atoms with E-state index in [0.29, 0.717) is 44.2 Å². The first kappa shape index (κ1) is 15.6. The molecule has 0 unspecified atom stereocenters. The fourth-order valence-corrected chi connectivity index (χ4v) is 1.45. The Labute approximate surface area is 113 Å². The highest BCUT2D eigenvalue weighted by Crippen LogP contribution is 2.01. The van der Waals surface area contributed by atoms with Crippen molar-refractivity contribution in [3.63, 3.8) is 0 Å². The highest BCUT2D eigenvalue weighted by atomic mass is 16.5. The van der Waals surface area contributed by atoms with Crippen molar-refractivity contribution in [2.75, 3.05) is 33.5 Å². The second kappa shape index (κ2) is 9.43. The number of aromatic nitrogens is 1. The molecule has 0 saturated heterocycles. The second-order valence-electron chi connectivity index (χ2n) is 3.95. The molecule has 0 aliphatic rings. The van der Waals surface area contributed by atoms with Crippen LogP contribution in [0.4, 0.5) is 0 Å². The van der Waals surface area contributed by atoms with E-state index in [4.69, 9.17) is 15.2 Å². The van der Waals surface area contributed by atoms with E-state index in [1.54, 1.807) is 25.4 Å². The third-order valence-electron chi connectivity index (χ3n) is 2.47. The average molecular weight is 267 g/mol. The van der Waals surface area contributed by atoms with Crippen molar-refractivity contribution in [3.8, 4) is 0 Å². The molecule has 1 amide bonds. The molecule has 0 aromatic carbocycles. The Morgan fingerprint density at radius 2 is 2.26 bits per heavy atom. The molecule has 0 bridgehead atoms. The smallest absolute Gasteiger partial charge is 0.251 e. The molecule has 0 atom stereocenters. The average Bonchev–Trinajstić information content (AvgIpc) is 2.46. The Bertz CT molecular complexity index is 385. The molecule has 6 heteroatoms. The lowest BCUT2D eigenvalue weighted by Gasteiger charge is -2.06. The molecule has 0 aliphatic carbocycles. The number of nitrogens with one attached hydrogen (secondary N) is 1. The van der Waals surface area contributed by atoms with E-state index in [2.05, 4.69) is 10.3 Å². The Kier molecular flexibility index (Phi) is 7.72. The van der Waals surface area contributed by atoms with Gasteiger partial charge in [-0.05, 0) is 18.6 Å². The van der Waals surface area contributed by atoms with Crippen LogP contribution in [0.25, 0.3) is 0 Å². The third-order valence-corrected chi connectivity index (χ3v) is 2.47. The molecule has 19 heavy (non-hydrogen) atoms. The van der Waals surface area contributed by atoms with Gasteiger partial charge in [0.05, 0.1) is 18.9 Å². The summed E-state index contributed by atoms with van der Waals surface area (Å²) < 4.78 is 10.2. The van der Waals surface area contributed by atoms with Crippen LogP contribution in [0, 0.1) is 0 Å². The number of carbonyl (C=O) groups is 1. The molecule has 0 fully saturated rings. The predicted octanol–water partition coefficient (Wildman–Crippen LogP) is 0.323. The first-order chi connectivity index (χ1) is 9.27. The number of rotatable bonds is 9. The maximum absolute atomic E-state index is 11.8. The van der Waals surface area contributed by atoms with E-state index < -0.39 is 0 Å². The molecular formula is C13H21N3O3. The number of carbonyl (C=O) groups excluding carboxylic acids is 1. The first-order valence-corrected chi connectivity index (χ1v) is 6.27. The molecule has 0 saturated carbocycles. The molecular weight excluding hydrogens is 246 g/mol. The van der Waals surface area contributed by atoms with Gasteiger partial charge in [-0.15, -0.1) is 0 Å². The molecule has 3 N–H and O–H groups in total. The highest BCUT2D eigenvalue weighted by Gasteiger charge is 2.05. The van der Waals surface area contributed by atoms with E-state index in [-0.39, 0.29) is 5.91 Å². The summed E-state index contributed by atoms with van der Waals surface area (Å²) in [5.74, 6) is -0.117. The second-order valence-corrected chi connectivity index (χ2v) is 3.95. The van der Waals surface area contributed by atoms with Crippen molar-refractivity contribution >= 4 is 5.91 Å². The summed E-state index contributed by atoms with van der Waals surface area (Å²) in [4.78, 5) is 15.8. The topological polar surface area (TPSA) is 86.5 Å². The van der Waals surface area contributed by atoms with Gasteiger partial charge < -0.3 is 20.5 Å². The molecule has 1 aromatic heterocycles. The monoisotopic (exact) mass is 267 g/mol. The number of nitrogens with two attached hydrogens (primary N) is 1. The number of hydrogen-bond donors (Lipinski definition) is 2. The van der Waals surface area contributed by atoms with Crippen molar-refractivity contribution in [1.82, 2.24) is 10.3 Å². The van der Waals surface area contributed by atoms with Gasteiger partial charge >= 0.3 is 0 Å². The summed E-state index contributed by atoms with van der Waals surface area (Å²) in [6.07, 6.45) is 2.36. The van der Waals surface area contributed by atoms with Crippen LogP contribution in [0.2, 0.25) is 0 Å². The quantitative estimate of drug-likeness (QED) is 0.629. The lowest BCUT2D eigenvalue weighted by Crippen LogP contribution is -2.25. The number of amides is 1. The maximum Gasteiger partial charge on any atom is 0.251 e. The van der Waals surface area contributed by atoms with Gasteiger partial charge in [-0.2, -0.15) is 0 Å². The minimum Gasteiger partial charge on any atom is -0.382 e. The SMILES string of the molecule is COCCOCCCNC(=O)c1ccnc(CN)c1. The number of pyridine rings is 1. The summed E-state index contributed by atoms with van der Waals surface area (Å²) in [6, 6.07) is 3.37. The Morgan fingerprint density at radius 1 is 1.42 bits per heavy atom. The van der Waals surface area contributed by atoms with Gasteiger partial charge in [0, 0.05) is 38.6 Å². The Hall–Kier alpha value is -1.50. The third kappa shape index (κ3) is 6.28. The van der Waals surface area contributed by atoms with Gasteiger partial charge in [-0.25, -0.2) is 0 Å². The minimum absolute atomic E-state index is 0.117. The molecule has 106 valence electrons. The van der Waals surface area contributed by atoms with Crippen molar-refractivity contribution in [3.05, 3.63) is 29.6 Å². The van der Waals surface area contributed by atoms with Crippen LogP contribution in [-0.4, -0.2) is 44.4 Å². The van der Waals surface area contributed by atoms with Crippen LogP contribution in [0.15, 0.2) is 18.3 Å². The molecule has 0 radical (unpaired) electrons. The molecule has 6 nitrogen and oxygen atoms in total. The number of nitrogens with zero attached hydrogens (tertiary/aromatic N) is 1. The zero-order valence-electron chi connectivity index (χ0n) is 11.2. The number of ether oxygens (including phenoxy) is 2. The zero-order chi connectivity index (χ0) is 13.9. The first-order valence-electron chi connectivity index (χ1n) is 6.27. The largest absolute Gasteiger partial charge is 0.382 e. The van der Waals surface area contributed by atoms with Crippen molar-refractivity contribution in [2.24, 2.45) is 5.73 Å². The lowest BCUT2D eigenvalue weighted by atomic mass is 10.2. The van der Waals surface area contributed by atoms with Crippen LogP contribution in [-0.2, 0) is 16.0 Å². The van der Waals surface area contributed by atoms with Crippen molar-refractivity contribution in [2.45, 2.75) is 13.0 Å². The highest BCUT2D eigenvalue weighted by molar-refractivity contribution is 5.94. The van der Waals surface area contributed by atoms with Crippen molar-refractivity contribution < 1.29 is 14.3 Å². The van der Waals surface area contributed by atoms with E-state index in [9.17, 15) is 4.79 Å². The lowest BCUT2D eigenvalue weighted by molar-refractivity contribution is 0.0688. The summed E-state index contributed by atoms with van der Waals surface area (Å²) in [5.41, 5.74) is 6.76. The summed E-state index contributed by atoms with van der Waals surface area (Å²) in [5, 5.41) is 2.82. The fourth-order valence-electron chi connectivity index (χ4n) is 1.45. The molecule has 0 spiro atoms. The van der Waals surface area contributed by atoms with Gasteiger partial charge in [0.15, 0.2) is 0 Å². The Morgan fingerprint density at radius 3 is 3.00 bits per heavy atom. The standard InChI is InChI=1S/C13H21N3O3/c1-18-7-8-19-6-2-4-16-13(17)11-3-5-15-12(9-11)10-14/h3,5,9H,2,4,6-8,10,14H2,1H3,(H,16,17). The van der Waals surface area contributed by atoms with Gasteiger partial charge in [-0.3, -0.25) is 9.78 Å². The molecule has 1 heterocycles. The maximum atomic E-state index is 11.8. The Balaban J connectivity index is 2.20. The van der Waals surface area contributed by atoms with E-state index in [0.717, 1.165) is 6.42 Å². The molecule has 1 rings (SSSR count). The van der Waals surface area contributed by atoms with Gasteiger partial charge in [0.25, 0.3) is 5.91 Å². The summed E-state index contributed by atoms with van der Waals surface area (Å²) in [7, 11) is 1.63. The van der Waals surface area contributed by atoms with E-state index in [1.807, 2.05) is 0 Å². The van der Waals surface area contributed by atoms with Crippen LogP contribution in [0.3, 0.4) is 0 Å². The predicted molar refractivity (Wildman–Crippen MR) is 71.8 cm³/mol. The van der Waals surface area contributed by atoms with Gasteiger partial charge in [0.2, 0.25) is 0 Å². The van der Waals surface area contributed by atoms with Crippen molar-refractivity contribution in [1.29, 1.82) is 0 Å². The van der Waals surface area contributed by atoms with Gasteiger partial charge in [0.1, 0.15) is 0 Å². The van der Waals surface area contributed by atoms with Crippen LogP contribution in [0.5, 0.6) is 0 Å². The fraction of sp³-hybridized carbons (Fsp3) is 0.538. The zero-order valence-corrected chi connectivity index (χ0v) is 11.2. The van der Waals surface area contributed by atoms with Crippen LogP contribution in [0.1, 0.15) is 22.5 Å². The summed E-state index contributed by atoms with van der Waals surface area (Å²) in [6.45, 7) is 2.68. The number of methoxy groups -OCH3 is 1. The molecule has 1 aromatic rings. The van der Waals surface area contributed by atoms with Crippen LogP contribution >= 0.6 is 0 Å².